The first kappa shape index (κ1) is 28.5. The van der Waals surface area contributed by atoms with E-state index < -0.39 is 17.8 Å². The van der Waals surface area contributed by atoms with Gasteiger partial charge in [-0.1, -0.05) is 35.9 Å². The molecule has 1 heterocycles. The van der Waals surface area contributed by atoms with Crippen molar-refractivity contribution < 1.29 is 33.3 Å². The summed E-state index contributed by atoms with van der Waals surface area (Å²) in [4.78, 5) is 40.0. The van der Waals surface area contributed by atoms with Crippen molar-refractivity contribution in [1.82, 2.24) is 5.32 Å². The van der Waals surface area contributed by atoms with Gasteiger partial charge in [-0.2, -0.15) is 0 Å². The molecule has 0 aromatic heterocycles. The number of carbonyl (C=O) groups excluding carboxylic acids is 3. The van der Waals surface area contributed by atoms with Crippen molar-refractivity contribution in [2.75, 3.05) is 24.7 Å². The Labute approximate surface area is 237 Å². The van der Waals surface area contributed by atoms with Gasteiger partial charge < -0.3 is 18.9 Å². The van der Waals surface area contributed by atoms with Gasteiger partial charge in [-0.05, 0) is 62.7 Å². The molecule has 3 aromatic carbocycles. The molecule has 1 N–H and O–H groups in total. The number of carbonyl (C=O) groups is 3. The number of amides is 4. The molecule has 40 heavy (non-hydrogen) atoms. The van der Waals surface area contributed by atoms with Crippen molar-refractivity contribution in [3.8, 4) is 23.0 Å². The van der Waals surface area contributed by atoms with Gasteiger partial charge in [0.15, 0.2) is 11.5 Å². The average molecular weight is 565 g/mol. The number of anilines is 1. The van der Waals surface area contributed by atoms with E-state index in [0.717, 1.165) is 10.5 Å². The summed E-state index contributed by atoms with van der Waals surface area (Å²) in [5, 5.41) is 2.82. The van der Waals surface area contributed by atoms with Crippen LogP contribution in [0.2, 0.25) is 5.02 Å². The molecule has 0 bridgehead atoms. The van der Waals surface area contributed by atoms with Crippen LogP contribution in [0.1, 0.15) is 31.9 Å². The van der Waals surface area contributed by atoms with Gasteiger partial charge in [0.1, 0.15) is 23.7 Å². The van der Waals surface area contributed by atoms with Crippen LogP contribution in [0.3, 0.4) is 0 Å². The number of halogens is 1. The van der Waals surface area contributed by atoms with Crippen LogP contribution in [-0.2, 0) is 16.2 Å². The summed E-state index contributed by atoms with van der Waals surface area (Å²) in [5.74, 6) is -0.000138. The molecule has 0 radical (unpaired) electrons. The lowest BCUT2D eigenvalue weighted by molar-refractivity contribution is -0.122. The Morgan fingerprint density at radius 1 is 0.800 bits per heavy atom. The van der Waals surface area contributed by atoms with E-state index in [9.17, 15) is 14.4 Å². The Kier molecular flexibility index (Phi) is 9.29. The highest BCUT2D eigenvalue weighted by Crippen LogP contribution is 2.36. The minimum atomic E-state index is -0.889. The van der Waals surface area contributed by atoms with E-state index in [4.69, 9.17) is 30.5 Å². The van der Waals surface area contributed by atoms with Crippen LogP contribution < -0.4 is 29.2 Å². The molecule has 0 atom stereocenters. The van der Waals surface area contributed by atoms with E-state index in [1.54, 1.807) is 43.3 Å². The lowest BCUT2D eigenvalue weighted by Gasteiger charge is -2.28. The Balaban J connectivity index is 1.66. The first-order valence-corrected chi connectivity index (χ1v) is 13.2. The summed E-state index contributed by atoms with van der Waals surface area (Å²) < 4.78 is 22.9. The number of ether oxygens (including phenoxy) is 4. The Morgan fingerprint density at radius 2 is 1.50 bits per heavy atom. The highest BCUT2D eigenvalue weighted by molar-refractivity contribution is 6.39. The molecule has 0 aliphatic carbocycles. The molecular weight excluding hydrogens is 536 g/mol. The topological polar surface area (TPSA) is 103 Å². The number of benzene rings is 3. The maximum Gasteiger partial charge on any atom is 0.336 e. The molecular formula is C30H29ClN2O7. The normalized spacial score (nSPS) is 14.2. The third-order valence-electron chi connectivity index (χ3n) is 5.80. The van der Waals surface area contributed by atoms with Crippen LogP contribution in [0.25, 0.3) is 6.08 Å². The molecule has 9 nitrogen and oxygen atoms in total. The summed E-state index contributed by atoms with van der Waals surface area (Å²) >= 11 is 6.24. The van der Waals surface area contributed by atoms with Gasteiger partial charge in [-0.25, -0.2) is 9.69 Å². The Hall–Kier alpha value is -4.50. The van der Waals surface area contributed by atoms with Crippen LogP contribution >= 0.6 is 11.6 Å². The molecule has 4 rings (SSSR count). The fourth-order valence-electron chi connectivity index (χ4n) is 4.02. The van der Waals surface area contributed by atoms with Crippen LogP contribution in [0, 0.1) is 0 Å². The number of imide groups is 2. The largest absolute Gasteiger partial charge is 0.494 e. The summed E-state index contributed by atoms with van der Waals surface area (Å²) in [6.45, 7) is 6.70. The van der Waals surface area contributed by atoms with E-state index in [1.165, 1.54) is 12.1 Å². The van der Waals surface area contributed by atoms with Crippen molar-refractivity contribution in [2.24, 2.45) is 0 Å². The number of hydrogen-bond acceptors (Lipinski definition) is 7. The number of nitrogens with zero attached hydrogens (tertiary/aromatic N) is 1. The molecule has 3 aromatic rings. The second kappa shape index (κ2) is 13.0. The third kappa shape index (κ3) is 6.38. The monoisotopic (exact) mass is 564 g/mol. The molecule has 208 valence electrons. The van der Waals surface area contributed by atoms with Gasteiger partial charge in [0.05, 0.1) is 25.5 Å². The average Bonchev–Trinajstić information content (AvgIpc) is 2.93. The molecule has 1 aliphatic rings. The zero-order valence-corrected chi connectivity index (χ0v) is 23.1. The standard InChI is InChI=1S/C30H29ClN2O7/c1-4-37-21-12-14-25(38-5-2)24(17-21)33-29(35)22(28(34)32-30(33)36)15-19-11-13-26(27(16-19)39-6-3)40-18-20-9-7-8-10-23(20)31/h7-17H,4-6,18H2,1-3H3,(H,32,34,36)/b22-15+. The smallest absolute Gasteiger partial charge is 0.336 e. The molecule has 0 saturated carbocycles. The fourth-order valence-corrected chi connectivity index (χ4v) is 4.21. The lowest BCUT2D eigenvalue weighted by atomic mass is 10.1. The molecule has 10 heteroatoms. The predicted octanol–water partition coefficient (Wildman–Crippen LogP) is 5.78. The van der Waals surface area contributed by atoms with Gasteiger partial charge >= 0.3 is 6.03 Å². The zero-order valence-electron chi connectivity index (χ0n) is 22.4. The van der Waals surface area contributed by atoms with Crippen LogP contribution in [0.4, 0.5) is 10.5 Å². The number of urea groups is 1. The van der Waals surface area contributed by atoms with Crippen LogP contribution in [0.15, 0.2) is 66.2 Å². The highest BCUT2D eigenvalue weighted by Gasteiger charge is 2.38. The number of nitrogens with one attached hydrogen (secondary N) is 1. The summed E-state index contributed by atoms with van der Waals surface area (Å²) in [5.41, 5.74) is 1.23. The Bertz CT molecular complexity index is 1450. The van der Waals surface area contributed by atoms with Gasteiger partial charge in [0, 0.05) is 16.7 Å². The molecule has 1 saturated heterocycles. The maximum absolute atomic E-state index is 13.6. The molecule has 0 spiro atoms. The number of barbiturate groups is 1. The molecule has 4 amide bonds. The van der Waals surface area contributed by atoms with Crippen molar-refractivity contribution in [3.63, 3.8) is 0 Å². The Morgan fingerprint density at radius 3 is 2.23 bits per heavy atom. The van der Waals surface area contributed by atoms with E-state index in [-0.39, 0.29) is 17.9 Å². The lowest BCUT2D eigenvalue weighted by Crippen LogP contribution is -2.54. The van der Waals surface area contributed by atoms with E-state index in [2.05, 4.69) is 5.32 Å². The van der Waals surface area contributed by atoms with Gasteiger partial charge in [-0.3, -0.25) is 14.9 Å². The van der Waals surface area contributed by atoms with E-state index in [0.29, 0.717) is 53.4 Å². The predicted molar refractivity (Wildman–Crippen MR) is 151 cm³/mol. The van der Waals surface area contributed by atoms with E-state index >= 15 is 0 Å². The number of hydrogen-bond donors (Lipinski definition) is 1. The van der Waals surface area contributed by atoms with Gasteiger partial charge in [0.25, 0.3) is 11.8 Å². The minimum Gasteiger partial charge on any atom is -0.494 e. The first-order valence-electron chi connectivity index (χ1n) is 12.8. The summed E-state index contributed by atoms with van der Waals surface area (Å²) in [7, 11) is 0. The van der Waals surface area contributed by atoms with Crippen LogP contribution in [0.5, 0.6) is 23.0 Å². The molecule has 1 aliphatic heterocycles. The molecule has 1 fully saturated rings. The van der Waals surface area contributed by atoms with Crippen molar-refractivity contribution in [2.45, 2.75) is 27.4 Å². The minimum absolute atomic E-state index is 0.159. The second-order valence-electron chi connectivity index (χ2n) is 8.47. The maximum atomic E-state index is 13.6. The highest BCUT2D eigenvalue weighted by atomic mass is 35.5. The van der Waals surface area contributed by atoms with Gasteiger partial charge in [0.2, 0.25) is 0 Å². The van der Waals surface area contributed by atoms with E-state index in [1.807, 2.05) is 32.0 Å². The number of rotatable bonds is 11. The first-order chi connectivity index (χ1) is 19.4. The summed E-state index contributed by atoms with van der Waals surface area (Å²) in [6, 6.07) is 16.3. The fraction of sp³-hybridized carbons (Fsp3) is 0.233. The SMILES string of the molecule is CCOc1ccc(OCC)c(N2C(=O)NC(=O)/C(=C\c3ccc(OCc4ccccc4Cl)c(OCC)c3)C2=O)c1. The van der Waals surface area contributed by atoms with Crippen molar-refractivity contribution in [3.05, 3.63) is 82.4 Å². The third-order valence-corrected chi connectivity index (χ3v) is 6.17. The van der Waals surface area contributed by atoms with Crippen LogP contribution in [-0.4, -0.2) is 37.7 Å². The molecule has 0 unspecified atom stereocenters. The zero-order chi connectivity index (χ0) is 28.6. The summed E-state index contributed by atoms with van der Waals surface area (Å²) in [6.07, 6.45) is 1.39. The second-order valence-corrected chi connectivity index (χ2v) is 8.88. The van der Waals surface area contributed by atoms with Crippen molar-refractivity contribution in [1.29, 1.82) is 0 Å². The van der Waals surface area contributed by atoms with Crippen molar-refractivity contribution >= 4 is 41.2 Å². The quantitative estimate of drug-likeness (QED) is 0.232. The van der Waals surface area contributed by atoms with Gasteiger partial charge in [-0.15, -0.1) is 0 Å².